The molecule has 0 atom stereocenters. The maximum absolute atomic E-state index is 5.88. The van der Waals surface area contributed by atoms with Crippen molar-refractivity contribution in [3.05, 3.63) is 41.3 Å². The molecule has 16 heavy (non-hydrogen) atoms. The van der Waals surface area contributed by atoms with Crippen LogP contribution in [0.4, 0.5) is 5.82 Å². The Labute approximate surface area is 98.0 Å². The largest absolute Gasteiger partial charge is 0.364 e. The van der Waals surface area contributed by atoms with Crippen LogP contribution in [-0.2, 0) is 6.54 Å². The second kappa shape index (κ2) is 4.85. The molecule has 0 unspecified atom stereocenters. The number of rotatable bonds is 3. The molecule has 6 heteroatoms. The first-order valence-corrected chi connectivity index (χ1v) is 5.11. The summed E-state index contributed by atoms with van der Waals surface area (Å²) < 4.78 is 0. The van der Waals surface area contributed by atoms with Crippen molar-refractivity contribution < 1.29 is 0 Å². The second-order valence-corrected chi connectivity index (χ2v) is 3.55. The lowest BCUT2D eigenvalue weighted by atomic mass is 10.3. The van der Waals surface area contributed by atoms with Gasteiger partial charge in [0.05, 0.1) is 12.2 Å². The maximum atomic E-state index is 5.88. The van der Waals surface area contributed by atoms with E-state index in [-0.39, 0.29) is 0 Å². The molecular formula is C10H10ClN5. The molecule has 5 nitrogen and oxygen atoms in total. The third-order valence-electron chi connectivity index (χ3n) is 2.10. The number of halogens is 1. The van der Waals surface area contributed by atoms with Crippen LogP contribution in [0, 0.1) is 6.92 Å². The molecule has 0 radical (unpaired) electrons. The number of nitrogens with zero attached hydrogens (tertiary/aromatic N) is 4. The van der Waals surface area contributed by atoms with Crippen molar-refractivity contribution in [2.75, 3.05) is 5.32 Å². The van der Waals surface area contributed by atoms with Gasteiger partial charge in [0.15, 0.2) is 0 Å². The molecule has 1 N–H and O–H groups in total. The molecule has 2 heterocycles. The normalized spacial score (nSPS) is 10.1. The first-order chi connectivity index (χ1) is 7.77. The second-order valence-electron chi connectivity index (χ2n) is 3.19. The molecule has 0 aliphatic rings. The van der Waals surface area contributed by atoms with Gasteiger partial charge in [0.2, 0.25) is 0 Å². The van der Waals surface area contributed by atoms with Gasteiger partial charge in [0.1, 0.15) is 23.6 Å². The molecular weight excluding hydrogens is 226 g/mol. The molecule has 0 aromatic carbocycles. The summed E-state index contributed by atoms with van der Waals surface area (Å²) >= 11 is 5.88. The topological polar surface area (TPSA) is 63.6 Å². The fourth-order valence-corrected chi connectivity index (χ4v) is 1.34. The maximum Gasteiger partial charge on any atom is 0.137 e. The lowest BCUT2D eigenvalue weighted by Crippen LogP contribution is -2.05. The molecule has 0 saturated heterocycles. The highest BCUT2D eigenvalue weighted by Crippen LogP contribution is 2.17. The van der Waals surface area contributed by atoms with Gasteiger partial charge in [-0.3, -0.25) is 0 Å². The van der Waals surface area contributed by atoms with E-state index in [9.17, 15) is 0 Å². The molecule has 2 rings (SSSR count). The van der Waals surface area contributed by atoms with E-state index in [1.807, 2.05) is 13.0 Å². The summed E-state index contributed by atoms with van der Waals surface area (Å²) in [5.41, 5.74) is 1.72. The van der Waals surface area contributed by atoms with Crippen molar-refractivity contribution >= 4 is 17.4 Å². The first kappa shape index (κ1) is 10.8. The van der Waals surface area contributed by atoms with E-state index in [1.54, 1.807) is 6.20 Å². The lowest BCUT2D eigenvalue weighted by molar-refractivity contribution is 0.985. The van der Waals surface area contributed by atoms with Crippen LogP contribution >= 0.6 is 11.6 Å². The van der Waals surface area contributed by atoms with Crippen LogP contribution in [0.25, 0.3) is 0 Å². The third kappa shape index (κ3) is 2.43. The summed E-state index contributed by atoms with van der Waals surface area (Å²) in [4.78, 5) is 15.9. The van der Waals surface area contributed by atoms with E-state index >= 15 is 0 Å². The summed E-state index contributed by atoms with van der Waals surface area (Å²) in [7, 11) is 0. The predicted octanol–water partition coefficient (Wildman–Crippen LogP) is 1.84. The molecule has 0 amide bonds. The van der Waals surface area contributed by atoms with Gasteiger partial charge >= 0.3 is 0 Å². The van der Waals surface area contributed by atoms with Crippen molar-refractivity contribution in [1.82, 2.24) is 19.9 Å². The molecule has 0 saturated carbocycles. The Kier molecular flexibility index (Phi) is 3.26. The number of hydrogen-bond donors (Lipinski definition) is 1. The first-order valence-electron chi connectivity index (χ1n) is 4.73. The fourth-order valence-electron chi connectivity index (χ4n) is 1.20. The van der Waals surface area contributed by atoms with Gasteiger partial charge in [-0.1, -0.05) is 11.6 Å². The third-order valence-corrected chi connectivity index (χ3v) is 2.48. The van der Waals surface area contributed by atoms with Crippen LogP contribution in [-0.4, -0.2) is 19.9 Å². The van der Waals surface area contributed by atoms with E-state index in [1.165, 1.54) is 12.7 Å². The van der Waals surface area contributed by atoms with E-state index in [2.05, 4.69) is 25.3 Å². The number of anilines is 1. The zero-order valence-corrected chi connectivity index (χ0v) is 9.44. The quantitative estimate of drug-likeness (QED) is 0.823. The average molecular weight is 236 g/mol. The van der Waals surface area contributed by atoms with Crippen molar-refractivity contribution in [1.29, 1.82) is 0 Å². The van der Waals surface area contributed by atoms with E-state index < -0.39 is 0 Å². The Morgan fingerprint density at radius 3 is 2.88 bits per heavy atom. The lowest BCUT2D eigenvalue weighted by Gasteiger charge is -2.07. The van der Waals surface area contributed by atoms with Gasteiger partial charge in [-0.25, -0.2) is 19.9 Å². The van der Waals surface area contributed by atoms with E-state index in [0.29, 0.717) is 11.7 Å². The average Bonchev–Trinajstić information content (AvgIpc) is 2.32. The molecule has 0 spiro atoms. The highest BCUT2D eigenvalue weighted by atomic mass is 35.5. The standard InChI is InChI=1S/C10H10ClN5/c1-7-9(11)15-6-16-10(7)13-4-8-2-3-12-5-14-8/h2-3,5-6H,4H2,1H3,(H,13,15,16). The molecule has 0 fully saturated rings. The van der Waals surface area contributed by atoms with Crippen molar-refractivity contribution in [3.8, 4) is 0 Å². The SMILES string of the molecule is Cc1c(Cl)ncnc1NCc1ccncn1. The Morgan fingerprint density at radius 2 is 2.12 bits per heavy atom. The Bertz CT molecular complexity index is 474. The van der Waals surface area contributed by atoms with Crippen LogP contribution in [0.15, 0.2) is 24.9 Å². The van der Waals surface area contributed by atoms with Crippen LogP contribution in [0.1, 0.15) is 11.3 Å². The minimum absolute atomic E-state index is 0.459. The Morgan fingerprint density at radius 1 is 1.25 bits per heavy atom. The monoisotopic (exact) mass is 235 g/mol. The van der Waals surface area contributed by atoms with Crippen molar-refractivity contribution in [3.63, 3.8) is 0 Å². The van der Waals surface area contributed by atoms with Crippen LogP contribution in [0.5, 0.6) is 0 Å². The zero-order chi connectivity index (χ0) is 11.4. The van der Waals surface area contributed by atoms with Gasteiger partial charge in [0.25, 0.3) is 0 Å². The smallest absolute Gasteiger partial charge is 0.137 e. The highest BCUT2D eigenvalue weighted by Gasteiger charge is 2.04. The zero-order valence-electron chi connectivity index (χ0n) is 8.68. The molecule has 0 aliphatic heterocycles. The van der Waals surface area contributed by atoms with Crippen molar-refractivity contribution in [2.24, 2.45) is 0 Å². The van der Waals surface area contributed by atoms with E-state index in [4.69, 9.17) is 11.6 Å². The number of aromatic nitrogens is 4. The van der Waals surface area contributed by atoms with Gasteiger partial charge < -0.3 is 5.32 Å². The summed E-state index contributed by atoms with van der Waals surface area (Å²) in [6.07, 6.45) is 4.64. The van der Waals surface area contributed by atoms with Crippen LogP contribution in [0.3, 0.4) is 0 Å². The summed E-state index contributed by atoms with van der Waals surface area (Å²) in [6.45, 7) is 2.45. The fraction of sp³-hybridized carbons (Fsp3) is 0.200. The van der Waals surface area contributed by atoms with Crippen LogP contribution < -0.4 is 5.32 Å². The Hall–Kier alpha value is -1.75. The van der Waals surface area contributed by atoms with Gasteiger partial charge in [-0.15, -0.1) is 0 Å². The molecule has 2 aromatic heterocycles. The number of nitrogens with one attached hydrogen (secondary N) is 1. The summed E-state index contributed by atoms with van der Waals surface area (Å²) in [6, 6.07) is 1.84. The minimum atomic E-state index is 0.459. The minimum Gasteiger partial charge on any atom is -0.364 e. The van der Waals surface area contributed by atoms with Gasteiger partial charge in [-0.2, -0.15) is 0 Å². The van der Waals surface area contributed by atoms with Crippen LogP contribution in [0.2, 0.25) is 5.15 Å². The van der Waals surface area contributed by atoms with Gasteiger partial charge in [-0.05, 0) is 13.0 Å². The number of hydrogen-bond acceptors (Lipinski definition) is 5. The molecule has 82 valence electrons. The molecule has 0 aliphatic carbocycles. The van der Waals surface area contributed by atoms with Crippen molar-refractivity contribution in [2.45, 2.75) is 13.5 Å². The highest BCUT2D eigenvalue weighted by molar-refractivity contribution is 6.30. The summed E-state index contributed by atoms with van der Waals surface area (Å²) in [5, 5.41) is 3.60. The molecule has 2 aromatic rings. The molecule has 0 bridgehead atoms. The summed E-state index contributed by atoms with van der Waals surface area (Å²) in [5.74, 6) is 0.721. The predicted molar refractivity (Wildman–Crippen MR) is 61.1 cm³/mol. The Balaban J connectivity index is 2.08. The van der Waals surface area contributed by atoms with Gasteiger partial charge in [0, 0.05) is 11.8 Å². The van der Waals surface area contributed by atoms with E-state index in [0.717, 1.165) is 17.1 Å².